The molecule has 1 saturated heterocycles. The van der Waals surface area contributed by atoms with E-state index in [2.05, 4.69) is 16.6 Å². The topological polar surface area (TPSA) is 65.0 Å². The zero-order chi connectivity index (χ0) is 21.4. The summed E-state index contributed by atoms with van der Waals surface area (Å²) in [6.07, 6.45) is 2.46. The first-order chi connectivity index (χ1) is 15.1. The van der Waals surface area contributed by atoms with E-state index in [1.165, 1.54) is 11.6 Å². The van der Waals surface area contributed by atoms with Crippen LogP contribution in [0.1, 0.15) is 39.9 Å². The number of halogens is 1. The number of benzene rings is 2. The van der Waals surface area contributed by atoms with E-state index in [-0.39, 0.29) is 23.3 Å². The van der Waals surface area contributed by atoms with Crippen molar-refractivity contribution in [2.75, 3.05) is 26.2 Å². The predicted octanol–water partition coefficient (Wildman–Crippen LogP) is 2.57. The fourth-order valence-corrected chi connectivity index (χ4v) is 4.30. The molecule has 6 nitrogen and oxygen atoms in total. The van der Waals surface area contributed by atoms with Crippen LogP contribution in [0.4, 0.5) is 4.39 Å². The summed E-state index contributed by atoms with van der Waals surface area (Å²) < 4.78 is 14.6. The van der Waals surface area contributed by atoms with E-state index in [9.17, 15) is 14.0 Å². The van der Waals surface area contributed by atoms with Gasteiger partial charge in [-0.15, -0.1) is 0 Å². The third kappa shape index (κ3) is 4.04. The highest BCUT2D eigenvalue weighted by atomic mass is 19.1. The lowest BCUT2D eigenvalue weighted by Crippen LogP contribution is -2.51. The number of nitrogens with one attached hydrogen (secondary N) is 1. The fourth-order valence-electron chi connectivity index (χ4n) is 4.30. The molecule has 2 fully saturated rings. The summed E-state index contributed by atoms with van der Waals surface area (Å²) in [7, 11) is 0. The maximum Gasteiger partial charge on any atom is 0.256 e. The van der Waals surface area contributed by atoms with Gasteiger partial charge in [0.2, 0.25) is 5.91 Å². The first kappa shape index (κ1) is 19.7. The second kappa shape index (κ2) is 8.13. The van der Waals surface area contributed by atoms with Crippen LogP contribution in [-0.2, 0) is 17.8 Å². The third-order valence-corrected chi connectivity index (χ3v) is 6.25. The Morgan fingerprint density at radius 1 is 1.03 bits per heavy atom. The highest BCUT2D eigenvalue weighted by Gasteiger charge is 2.35. The van der Waals surface area contributed by atoms with Crippen molar-refractivity contribution < 1.29 is 14.0 Å². The van der Waals surface area contributed by atoms with E-state index < -0.39 is 5.82 Å². The number of hydrogen-bond donors (Lipinski definition) is 1. The number of carbonyl (C=O) groups is 2. The van der Waals surface area contributed by atoms with Crippen molar-refractivity contribution in [3.05, 3.63) is 70.5 Å². The van der Waals surface area contributed by atoms with Gasteiger partial charge in [-0.3, -0.25) is 9.59 Å². The molecular weight excluding hydrogens is 395 g/mol. The normalized spacial score (nSPS) is 18.2. The standard InChI is InChI=1S/C24H25FN4O2/c25-21-8-5-16(14-22-19-4-2-1-3-18(19)15-26-27-22)13-20(21)24(31)29-11-9-28(10-12-29)23(30)17-6-7-17/h1-5,8,13,17,26H,6-7,9-12,14-15H2. The van der Waals surface area contributed by atoms with Crippen LogP contribution in [0.25, 0.3) is 0 Å². The number of amides is 2. The molecule has 0 aromatic heterocycles. The Morgan fingerprint density at radius 3 is 2.55 bits per heavy atom. The van der Waals surface area contributed by atoms with Gasteiger partial charge in [0, 0.05) is 44.1 Å². The number of fused-ring (bicyclic) bond motifs is 1. The molecule has 2 aromatic carbocycles. The monoisotopic (exact) mass is 420 g/mol. The minimum Gasteiger partial charge on any atom is -0.339 e. The molecule has 1 N–H and O–H groups in total. The van der Waals surface area contributed by atoms with Crippen LogP contribution in [0.5, 0.6) is 0 Å². The van der Waals surface area contributed by atoms with Gasteiger partial charge in [-0.2, -0.15) is 5.10 Å². The maximum atomic E-state index is 14.6. The van der Waals surface area contributed by atoms with E-state index in [0.29, 0.717) is 39.1 Å². The summed E-state index contributed by atoms with van der Waals surface area (Å²) in [5.74, 6) is -0.461. The molecule has 2 aliphatic heterocycles. The van der Waals surface area contributed by atoms with Crippen molar-refractivity contribution in [2.24, 2.45) is 11.0 Å². The molecule has 0 unspecified atom stereocenters. The third-order valence-electron chi connectivity index (χ3n) is 6.25. The first-order valence-corrected chi connectivity index (χ1v) is 10.8. The molecule has 7 heteroatoms. The zero-order valence-electron chi connectivity index (χ0n) is 17.3. The zero-order valence-corrected chi connectivity index (χ0v) is 17.3. The lowest BCUT2D eigenvalue weighted by molar-refractivity contribution is -0.134. The average Bonchev–Trinajstić information content (AvgIpc) is 3.65. The van der Waals surface area contributed by atoms with Gasteiger partial charge in [0.25, 0.3) is 5.91 Å². The quantitative estimate of drug-likeness (QED) is 0.827. The highest BCUT2D eigenvalue weighted by molar-refractivity contribution is 6.04. The number of carbonyl (C=O) groups excluding carboxylic acids is 2. The van der Waals surface area contributed by atoms with Crippen molar-refractivity contribution in [1.29, 1.82) is 0 Å². The molecule has 2 amide bonds. The summed E-state index contributed by atoms with van der Waals surface area (Å²) in [4.78, 5) is 28.7. The van der Waals surface area contributed by atoms with Gasteiger partial charge in [0.15, 0.2) is 0 Å². The van der Waals surface area contributed by atoms with Gasteiger partial charge in [-0.1, -0.05) is 30.3 Å². The number of hydrogen-bond acceptors (Lipinski definition) is 4. The van der Waals surface area contributed by atoms with Crippen molar-refractivity contribution in [2.45, 2.75) is 25.8 Å². The Balaban J connectivity index is 1.29. The van der Waals surface area contributed by atoms with Crippen molar-refractivity contribution in [3.8, 4) is 0 Å². The van der Waals surface area contributed by atoms with Gasteiger partial charge in [0.1, 0.15) is 5.82 Å². The van der Waals surface area contributed by atoms with E-state index in [0.717, 1.165) is 29.7 Å². The summed E-state index contributed by atoms with van der Waals surface area (Å²) in [6, 6.07) is 12.8. The van der Waals surface area contributed by atoms with Crippen molar-refractivity contribution in [1.82, 2.24) is 15.2 Å². The van der Waals surface area contributed by atoms with Crippen LogP contribution < -0.4 is 5.43 Å². The fraction of sp³-hybridized carbons (Fsp3) is 0.375. The average molecular weight is 420 g/mol. The molecule has 2 heterocycles. The molecule has 1 saturated carbocycles. The Morgan fingerprint density at radius 2 is 1.77 bits per heavy atom. The molecule has 2 aromatic rings. The minimum absolute atomic E-state index is 0.0807. The SMILES string of the molecule is O=C(c1cc(CC2=NNCc3ccccc32)ccc1F)N1CCN(C(=O)C2CC2)CC1. The van der Waals surface area contributed by atoms with E-state index >= 15 is 0 Å². The van der Waals surface area contributed by atoms with Crippen LogP contribution >= 0.6 is 0 Å². The Labute approximate surface area is 180 Å². The van der Waals surface area contributed by atoms with Gasteiger partial charge in [0.05, 0.1) is 17.8 Å². The van der Waals surface area contributed by atoms with Crippen LogP contribution in [0.3, 0.4) is 0 Å². The number of nitrogens with zero attached hydrogens (tertiary/aromatic N) is 3. The van der Waals surface area contributed by atoms with Crippen LogP contribution in [-0.4, -0.2) is 53.5 Å². The molecule has 31 heavy (non-hydrogen) atoms. The number of piperazine rings is 1. The van der Waals surface area contributed by atoms with Gasteiger partial charge in [-0.05, 0) is 36.1 Å². The largest absolute Gasteiger partial charge is 0.339 e. The van der Waals surface area contributed by atoms with E-state index in [1.54, 1.807) is 17.0 Å². The summed E-state index contributed by atoms with van der Waals surface area (Å²) in [5, 5.41) is 4.44. The van der Waals surface area contributed by atoms with Crippen LogP contribution in [0.2, 0.25) is 0 Å². The number of rotatable bonds is 4. The smallest absolute Gasteiger partial charge is 0.256 e. The van der Waals surface area contributed by atoms with Gasteiger partial charge >= 0.3 is 0 Å². The summed E-state index contributed by atoms with van der Waals surface area (Å²) in [6.45, 7) is 2.58. The summed E-state index contributed by atoms with van der Waals surface area (Å²) >= 11 is 0. The van der Waals surface area contributed by atoms with Crippen LogP contribution in [0, 0.1) is 11.7 Å². The highest BCUT2D eigenvalue weighted by Crippen LogP contribution is 2.31. The van der Waals surface area contributed by atoms with Crippen molar-refractivity contribution in [3.63, 3.8) is 0 Å². The van der Waals surface area contributed by atoms with Gasteiger partial charge < -0.3 is 15.2 Å². The second-order valence-corrected chi connectivity index (χ2v) is 8.43. The lowest BCUT2D eigenvalue weighted by atomic mass is 9.96. The van der Waals surface area contributed by atoms with Crippen molar-refractivity contribution >= 4 is 17.5 Å². The van der Waals surface area contributed by atoms with Gasteiger partial charge in [-0.25, -0.2) is 4.39 Å². The second-order valence-electron chi connectivity index (χ2n) is 8.43. The molecule has 160 valence electrons. The van der Waals surface area contributed by atoms with Crippen LogP contribution in [0.15, 0.2) is 47.6 Å². The Hall–Kier alpha value is -3.22. The summed E-state index contributed by atoms with van der Waals surface area (Å²) in [5.41, 5.74) is 7.09. The van der Waals surface area contributed by atoms with E-state index in [1.807, 2.05) is 23.1 Å². The Kier molecular flexibility index (Phi) is 5.18. The molecule has 1 aliphatic carbocycles. The molecule has 5 rings (SSSR count). The number of hydrazone groups is 1. The lowest BCUT2D eigenvalue weighted by Gasteiger charge is -2.35. The molecule has 3 aliphatic rings. The Bertz CT molecular complexity index is 1060. The molecule has 0 atom stereocenters. The molecular formula is C24H25FN4O2. The molecule has 0 spiro atoms. The maximum absolute atomic E-state index is 14.6. The molecule has 0 bridgehead atoms. The first-order valence-electron chi connectivity index (χ1n) is 10.8. The minimum atomic E-state index is -0.519. The molecule has 0 radical (unpaired) electrons. The predicted molar refractivity (Wildman–Crippen MR) is 115 cm³/mol. The van der Waals surface area contributed by atoms with E-state index in [4.69, 9.17) is 0 Å².